The van der Waals surface area contributed by atoms with Crippen LogP contribution in [0.25, 0.3) is 0 Å². The summed E-state index contributed by atoms with van der Waals surface area (Å²) in [7, 11) is 0. The van der Waals surface area contributed by atoms with E-state index in [9.17, 15) is 9.59 Å². The van der Waals surface area contributed by atoms with Crippen LogP contribution < -0.4 is 10.6 Å². The highest BCUT2D eigenvalue weighted by Gasteiger charge is 2.40. The first-order valence-corrected chi connectivity index (χ1v) is 9.91. The fraction of sp³-hybridized carbons (Fsp3) is 0.158. The third-order valence-electron chi connectivity index (χ3n) is 4.00. The van der Waals surface area contributed by atoms with Crippen molar-refractivity contribution in [3.05, 3.63) is 64.1 Å². The summed E-state index contributed by atoms with van der Waals surface area (Å²) in [5.74, 6) is -0.660. The highest BCUT2D eigenvalue weighted by atomic mass is 35.5. The smallest absolute Gasteiger partial charge is 0.247 e. The molecule has 2 amide bonds. The van der Waals surface area contributed by atoms with Crippen molar-refractivity contribution in [1.29, 1.82) is 0 Å². The number of nitrogens with zero attached hydrogens (tertiary/aromatic N) is 3. The number of hydrogen-bond donors (Lipinski definition) is 1. The zero-order valence-corrected chi connectivity index (χ0v) is 17.1. The summed E-state index contributed by atoms with van der Waals surface area (Å²) < 4.78 is 0. The van der Waals surface area contributed by atoms with Gasteiger partial charge < -0.3 is 5.73 Å². The van der Waals surface area contributed by atoms with E-state index >= 15 is 0 Å². The van der Waals surface area contributed by atoms with Gasteiger partial charge in [0.2, 0.25) is 11.8 Å². The molecule has 0 aromatic heterocycles. The van der Waals surface area contributed by atoms with Crippen molar-refractivity contribution < 1.29 is 9.59 Å². The van der Waals surface area contributed by atoms with E-state index in [1.165, 1.54) is 0 Å². The normalized spacial score (nSPS) is 18.1. The number of imide groups is 1. The van der Waals surface area contributed by atoms with Crippen LogP contribution in [-0.2, 0) is 9.59 Å². The third kappa shape index (κ3) is 4.73. The van der Waals surface area contributed by atoms with Gasteiger partial charge in [-0.05, 0) is 42.8 Å². The van der Waals surface area contributed by atoms with Crippen molar-refractivity contribution in [2.45, 2.75) is 18.6 Å². The maximum Gasteiger partial charge on any atom is 0.247 e. The van der Waals surface area contributed by atoms with Gasteiger partial charge in [-0.1, -0.05) is 53.2 Å². The van der Waals surface area contributed by atoms with Gasteiger partial charge in [0.05, 0.1) is 11.4 Å². The van der Waals surface area contributed by atoms with E-state index in [4.69, 9.17) is 28.9 Å². The molecule has 1 aliphatic rings. The van der Waals surface area contributed by atoms with Crippen LogP contribution in [0.4, 0.5) is 5.69 Å². The van der Waals surface area contributed by atoms with Gasteiger partial charge in [-0.15, -0.1) is 5.10 Å². The lowest BCUT2D eigenvalue weighted by Gasteiger charge is -2.14. The van der Waals surface area contributed by atoms with Crippen LogP contribution in [-0.4, -0.2) is 27.9 Å². The molecule has 2 N–H and O–H groups in total. The number of thioether (sulfide) groups is 1. The van der Waals surface area contributed by atoms with Gasteiger partial charge in [-0.3, -0.25) is 9.59 Å². The summed E-state index contributed by atoms with van der Waals surface area (Å²) in [6.07, 6.45) is 0.0338. The monoisotopic (exact) mass is 434 g/mol. The zero-order chi connectivity index (χ0) is 20.3. The van der Waals surface area contributed by atoms with Gasteiger partial charge in [-0.25, -0.2) is 4.90 Å². The second kappa shape index (κ2) is 8.77. The number of rotatable bonds is 4. The Balaban J connectivity index is 1.70. The molecule has 0 unspecified atom stereocenters. The van der Waals surface area contributed by atoms with Crippen LogP contribution in [0, 0.1) is 0 Å². The second-order valence-electron chi connectivity index (χ2n) is 5.99. The fourth-order valence-corrected chi connectivity index (χ4v) is 3.75. The lowest BCUT2D eigenvalue weighted by atomic mass is 10.1. The predicted octanol–water partition coefficient (Wildman–Crippen LogP) is 4.10. The molecule has 1 heterocycles. The molecule has 0 spiro atoms. The number of carbonyl (C=O) groups is 2. The molecule has 144 valence electrons. The van der Waals surface area contributed by atoms with Crippen LogP contribution in [0.3, 0.4) is 0 Å². The lowest BCUT2D eigenvalue weighted by Crippen LogP contribution is -2.31. The van der Waals surface area contributed by atoms with E-state index in [0.29, 0.717) is 21.4 Å². The van der Waals surface area contributed by atoms with Crippen molar-refractivity contribution in [1.82, 2.24) is 0 Å². The minimum absolute atomic E-state index is 0.0338. The molecule has 1 fully saturated rings. The average Bonchev–Trinajstić information content (AvgIpc) is 2.93. The Morgan fingerprint density at radius 3 is 2.50 bits per heavy atom. The summed E-state index contributed by atoms with van der Waals surface area (Å²) in [4.78, 5) is 26.1. The molecule has 3 rings (SSSR count). The van der Waals surface area contributed by atoms with Gasteiger partial charge in [0.15, 0.2) is 5.17 Å². The van der Waals surface area contributed by atoms with Crippen LogP contribution in [0.15, 0.2) is 58.7 Å². The zero-order valence-electron chi connectivity index (χ0n) is 14.8. The summed E-state index contributed by atoms with van der Waals surface area (Å²) >= 11 is 12.8. The van der Waals surface area contributed by atoms with Crippen LogP contribution in [0.5, 0.6) is 0 Å². The van der Waals surface area contributed by atoms with Crippen molar-refractivity contribution >= 4 is 63.3 Å². The first-order valence-electron chi connectivity index (χ1n) is 8.28. The topological polar surface area (TPSA) is 88.1 Å². The Labute approximate surface area is 176 Å². The molecule has 2 aromatic carbocycles. The van der Waals surface area contributed by atoms with E-state index in [-0.39, 0.29) is 23.4 Å². The predicted molar refractivity (Wildman–Crippen MR) is 115 cm³/mol. The molecule has 28 heavy (non-hydrogen) atoms. The molecule has 0 radical (unpaired) electrons. The molecule has 2 aromatic rings. The molecule has 0 saturated carbocycles. The number of halogens is 2. The van der Waals surface area contributed by atoms with Crippen molar-refractivity contribution in [2.75, 3.05) is 4.90 Å². The quantitative estimate of drug-likeness (QED) is 0.339. The van der Waals surface area contributed by atoms with E-state index in [2.05, 4.69) is 10.2 Å². The van der Waals surface area contributed by atoms with Crippen molar-refractivity contribution in [3.63, 3.8) is 0 Å². The van der Waals surface area contributed by atoms with Gasteiger partial charge in [-0.2, -0.15) is 5.10 Å². The summed E-state index contributed by atoms with van der Waals surface area (Å²) in [5, 5.41) is 8.58. The summed E-state index contributed by atoms with van der Waals surface area (Å²) in [6, 6.07) is 13.7. The number of amides is 2. The van der Waals surface area contributed by atoms with E-state index in [0.717, 1.165) is 22.2 Å². The van der Waals surface area contributed by atoms with Crippen molar-refractivity contribution in [2.24, 2.45) is 15.9 Å². The van der Waals surface area contributed by atoms with Crippen LogP contribution >= 0.6 is 35.0 Å². The largest absolute Gasteiger partial charge is 0.377 e. The molecule has 1 atom stereocenters. The number of amidine groups is 1. The summed E-state index contributed by atoms with van der Waals surface area (Å²) in [5.41, 5.74) is 7.84. The number of nitrogens with two attached hydrogens (primary N) is 1. The lowest BCUT2D eigenvalue weighted by molar-refractivity contribution is -0.121. The molecule has 1 aliphatic heterocycles. The number of anilines is 1. The maximum atomic E-state index is 12.6. The molecule has 0 aliphatic carbocycles. The second-order valence-corrected chi connectivity index (χ2v) is 8.08. The third-order valence-corrected chi connectivity index (χ3v) is 5.46. The standard InChI is InChI=1S/C19H16Cl2N4O2S/c1-11(12-5-7-13(20)8-6-12)23-24-19(22)28-16-10-17(26)25(18(16)27)15-4-2-3-14(21)9-15/h2-9,16H,10H2,1H3,(H2,22,24)/b23-11-/t16-/m0/s1. The minimum Gasteiger partial charge on any atom is -0.377 e. The van der Waals surface area contributed by atoms with Crippen LogP contribution in [0.2, 0.25) is 10.0 Å². The van der Waals surface area contributed by atoms with E-state index in [1.807, 2.05) is 12.1 Å². The maximum absolute atomic E-state index is 12.6. The fourth-order valence-electron chi connectivity index (χ4n) is 2.63. The highest BCUT2D eigenvalue weighted by molar-refractivity contribution is 8.14. The Kier molecular flexibility index (Phi) is 6.39. The number of benzene rings is 2. The Bertz CT molecular complexity index is 976. The van der Waals surface area contributed by atoms with Crippen molar-refractivity contribution in [3.8, 4) is 0 Å². The minimum atomic E-state index is -0.652. The molecule has 0 bridgehead atoms. The Morgan fingerprint density at radius 1 is 1.11 bits per heavy atom. The number of carbonyl (C=O) groups excluding carboxylic acids is 2. The van der Waals surface area contributed by atoms with E-state index < -0.39 is 5.25 Å². The molecular weight excluding hydrogens is 419 g/mol. The van der Waals surface area contributed by atoms with E-state index in [1.54, 1.807) is 43.3 Å². The molecule has 1 saturated heterocycles. The van der Waals surface area contributed by atoms with Gasteiger partial charge in [0.25, 0.3) is 0 Å². The first-order chi connectivity index (χ1) is 13.3. The number of hydrogen-bond acceptors (Lipinski definition) is 5. The van der Waals surface area contributed by atoms with Gasteiger partial charge in [0.1, 0.15) is 5.25 Å². The molecule has 9 heteroatoms. The van der Waals surface area contributed by atoms with Crippen LogP contribution in [0.1, 0.15) is 18.9 Å². The average molecular weight is 435 g/mol. The first kappa shape index (κ1) is 20.4. The molecule has 6 nitrogen and oxygen atoms in total. The Morgan fingerprint density at radius 2 is 1.82 bits per heavy atom. The summed E-state index contributed by atoms with van der Waals surface area (Å²) in [6.45, 7) is 1.79. The highest BCUT2D eigenvalue weighted by Crippen LogP contribution is 2.30. The Hall–Kier alpha value is -2.35. The SMILES string of the molecule is C/C(=N/N=C(N)S[C@H]1CC(=O)N(c2cccc(Cl)c2)C1=O)c1ccc(Cl)cc1. The van der Waals surface area contributed by atoms with Gasteiger partial charge >= 0.3 is 0 Å². The molecular formula is C19H16Cl2N4O2S. The van der Waals surface area contributed by atoms with Gasteiger partial charge in [0, 0.05) is 16.5 Å².